The Labute approximate surface area is 160 Å². The summed E-state index contributed by atoms with van der Waals surface area (Å²) in [4.78, 5) is 13.1. The topological polar surface area (TPSA) is 63.0 Å². The summed E-state index contributed by atoms with van der Waals surface area (Å²) in [6, 6.07) is 7.82. The Morgan fingerprint density at radius 2 is 1.85 bits per heavy atom. The molecule has 0 saturated heterocycles. The second-order valence-corrected chi connectivity index (χ2v) is 7.06. The molecule has 1 aromatic rings. The van der Waals surface area contributed by atoms with E-state index in [1.165, 1.54) is 11.0 Å². The van der Waals surface area contributed by atoms with Crippen molar-refractivity contribution in [2.75, 3.05) is 26.8 Å². The van der Waals surface area contributed by atoms with Crippen LogP contribution in [-0.2, 0) is 4.79 Å². The number of rotatable bonds is 8. The average molecular weight is 369 g/mol. The van der Waals surface area contributed by atoms with E-state index in [0.717, 1.165) is 30.2 Å². The van der Waals surface area contributed by atoms with Crippen LogP contribution >= 0.6 is 0 Å². The van der Waals surface area contributed by atoms with Gasteiger partial charge in [-0.1, -0.05) is 11.6 Å². The summed E-state index contributed by atoms with van der Waals surface area (Å²) < 4.78 is 11.0. The van der Waals surface area contributed by atoms with E-state index < -0.39 is 5.92 Å². The quantitative estimate of drug-likeness (QED) is 0.693. The number of allylic oxidation sites excluding steroid dienone is 4. The van der Waals surface area contributed by atoms with E-state index in [1.54, 1.807) is 7.11 Å². The summed E-state index contributed by atoms with van der Waals surface area (Å²) in [6.45, 7) is 6.61. The molecule has 2 aliphatic rings. The van der Waals surface area contributed by atoms with Gasteiger partial charge in [0.05, 0.1) is 13.7 Å². The summed E-state index contributed by atoms with van der Waals surface area (Å²) in [5.74, 6) is 0.964. The van der Waals surface area contributed by atoms with E-state index in [-0.39, 0.29) is 23.5 Å². The Morgan fingerprint density at radius 3 is 2.41 bits per heavy atom. The molecule has 3 rings (SSSR count). The maximum absolute atomic E-state index is 11.7. The zero-order chi connectivity index (χ0) is 19.4. The van der Waals surface area contributed by atoms with Crippen LogP contribution in [0, 0.1) is 11.8 Å². The number of carbonyl (C=O) groups is 1. The molecule has 2 aliphatic carbocycles. The standard InChI is InChI=1S/C22H27NO4/c1-4-23(11-12-27-18-8-6-17(26-3)7-9-18)16-5-10-19(15(2)13-16)22-20(24)14-21(22)25/h5-10,13-14,16,19,22,24H,4,11-12H2,1-3H3. The summed E-state index contributed by atoms with van der Waals surface area (Å²) in [6.07, 6.45) is 7.56. The van der Waals surface area contributed by atoms with Crippen molar-refractivity contribution in [1.82, 2.24) is 0 Å². The summed E-state index contributed by atoms with van der Waals surface area (Å²) in [5, 5.41) is 11.7. The number of nitrogens with one attached hydrogen (secondary N) is 1. The van der Waals surface area contributed by atoms with Gasteiger partial charge in [-0.15, -0.1) is 5.76 Å². The normalized spacial score (nSPS) is 25.3. The molecule has 5 heteroatoms. The molecule has 0 bridgehead atoms. The van der Waals surface area contributed by atoms with Gasteiger partial charge in [0.1, 0.15) is 30.7 Å². The molecule has 27 heavy (non-hydrogen) atoms. The lowest BCUT2D eigenvalue weighted by Gasteiger charge is -2.38. The molecule has 4 atom stereocenters. The van der Waals surface area contributed by atoms with Crippen LogP contribution in [0.25, 0.3) is 0 Å². The van der Waals surface area contributed by atoms with Gasteiger partial charge in [0.15, 0.2) is 5.78 Å². The lowest BCUT2D eigenvalue weighted by Crippen LogP contribution is -3.15. The molecule has 0 fully saturated rings. The van der Waals surface area contributed by atoms with Crippen LogP contribution in [0.15, 0.2) is 59.9 Å². The summed E-state index contributed by atoms with van der Waals surface area (Å²) in [5.41, 5.74) is 1.10. The molecular formula is C22H27NO4. The lowest BCUT2D eigenvalue weighted by molar-refractivity contribution is -0.910. The van der Waals surface area contributed by atoms with Gasteiger partial charge in [-0.3, -0.25) is 4.79 Å². The van der Waals surface area contributed by atoms with Crippen molar-refractivity contribution in [2.45, 2.75) is 19.9 Å². The fraction of sp³-hybridized carbons (Fsp3) is 0.409. The van der Waals surface area contributed by atoms with E-state index in [4.69, 9.17) is 9.47 Å². The molecule has 5 nitrogen and oxygen atoms in total. The Morgan fingerprint density at radius 1 is 1.15 bits per heavy atom. The van der Waals surface area contributed by atoms with Gasteiger partial charge >= 0.3 is 0 Å². The van der Waals surface area contributed by atoms with Gasteiger partial charge in [-0.25, -0.2) is 0 Å². The molecule has 0 aliphatic heterocycles. The highest BCUT2D eigenvalue weighted by molar-refractivity contribution is 6.01. The first-order valence-electron chi connectivity index (χ1n) is 9.44. The Bertz CT molecular complexity index is 763. The van der Waals surface area contributed by atoms with Gasteiger partial charge < -0.3 is 19.5 Å². The molecule has 0 spiro atoms. The van der Waals surface area contributed by atoms with Crippen molar-refractivity contribution in [2.24, 2.45) is 11.8 Å². The van der Waals surface area contributed by atoms with Crippen LogP contribution < -0.4 is 19.5 Å². The van der Waals surface area contributed by atoms with Crippen LogP contribution in [-0.4, -0.2) is 38.6 Å². The molecule has 0 radical (unpaired) electrons. The van der Waals surface area contributed by atoms with E-state index in [1.807, 2.05) is 37.3 Å². The maximum atomic E-state index is 11.7. The Balaban J connectivity index is 1.55. The maximum Gasteiger partial charge on any atom is 0.161 e. The molecule has 1 N–H and O–H groups in total. The number of likely N-dealkylation sites (N-methyl/N-ethyl adjacent to an activating group) is 1. The number of hydrogen-bond acceptors (Lipinski definition) is 4. The minimum absolute atomic E-state index is 0.0477. The Kier molecular flexibility index (Phi) is 6.01. The van der Waals surface area contributed by atoms with Crippen molar-refractivity contribution < 1.29 is 24.3 Å². The first-order valence-corrected chi connectivity index (χ1v) is 9.44. The SMILES string of the molecule is CC[NH+](CCOc1ccc(OC)cc1)C1C=CC(C2C(=O)C=C2[O-])C(C)=C1. The number of quaternary nitrogens is 1. The van der Waals surface area contributed by atoms with E-state index in [2.05, 4.69) is 19.1 Å². The molecule has 0 saturated carbocycles. The Hall–Kier alpha value is -2.53. The van der Waals surface area contributed by atoms with Gasteiger partial charge in [0.2, 0.25) is 0 Å². The molecule has 0 heterocycles. The fourth-order valence-electron chi connectivity index (χ4n) is 3.74. The molecular weight excluding hydrogens is 342 g/mol. The molecule has 4 unspecified atom stereocenters. The zero-order valence-electron chi connectivity index (χ0n) is 16.1. The highest BCUT2D eigenvalue weighted by Crippen LogP contribution is 2.34. The van der Waals surface area contributed by atoms with Crippen LogP contribution in [0.1, 0.15) is 13.8 Å². The van der Waals surface area contributed by atoms with Crippen molar-refractivity contribution in [3.8, 4) is 11.5 Å². The average Bonchev–Trinajstić information content (AvgIpc) is 2.67. The molecule has 0 aromatic heterocycles. The number of ketones is 1. The van der Waals surface area contributed by atoms with Gasteiger partial charge in [-0.2, -0.15) is 0 Å². The van der Waals surface area contributed by atoms with Crippen molar-refractivity contribution in [3.63, 3.8) is 0 Å². The number of methoxy groups -OCH3 is 1. The van der Waals surface area contributed by atoms with Crippen LogP contribution in [0.2, 0.25) is 0 Å². The molecule has 1 aromatic carbocycles. The second kappa shape index (κ2) is 8.44. The number of benzene rings is 1. The monoisotopic (exact) mass is 369 g/mol. The third-order valence-electron chi connectivity index (χ3n) is 5.43. The van der Waals surface area contributed by atoms with Crippen molar-refractivity contribution in [3.05, 3.63) is 59.9 Å². The molecule has 0 amide bonds. The van der Waals surface area contributed by atoms with Crippen molar-refractivity contribution >= 4 is 5.78 Å². The van der Waals surface area contributed by atoms with Gasteiger partial charge in [0.25, 0.3) is 0 Å². The van der Waals surface area contributed by atoms with Crippen LogP contribution in [0.5, 0.6) is 11.5 Å². The van der Waals surface area contributed by atoms with Crippen LogP contribution in [0.4, 0.5) is 0 Å². The van der Waals surface area contributed by atoms with E-state index >= 15 is 0 Å². The fourth-order valence-corrected chi connectivity index (χ4v) is 3.74. The van der Waals surface area contributed by atoms with E-state index in [9.17, 15) is 9.90 Å². The minimum atomic E-state index is -0.498. The summed E-state index contributed by atoms with van der Waals surface area (Å²) >= 11 is 0. The van der Waals surface area contributed by atoms with E-state index in [0.29, 0.717) is 6.61 Å². The number of carbonyl (C=O) groups excluding carboxylic acids is 1. The summed E-state index contributed by atoms with van der Waals surface area (Å²) in [7, 11) is 1.64. The first-order chi connectivity index (χ1) is 13.0. The smallest absolute Gasteiger partial charge is 0.161 e. The van der Waals surface area contributed by atoms with Gasteiger partial charge in [-0.05, 0) is 56.3 Å². The minimum Gasteiger partial charge on any atom is -0.875 e. The largest absolute Gasteiger partial charge is 0.875 e. The second-order valence-electron chi connectivity index (χ2n) is 7.06. The third kappa shape index (κ3) is 4.25. The molecule has 144 valence electrons. The predicted molar refractivity (Wildman–Crippen MR) is 102 cm³/mol. The lowest BCUT2D eigenvalue weighted by atomic mass is 9.74. The highest BCUT2D eigenvalue weighted by Gasteiger charge is 2.34. The number of ether oxygens (including phenoxy) is 2. The predicted octanol–water partition coefficient (Wildman–Crippen LogP) is 0.923. The first kappa shape index (κ1) is 19.2. The number of hydrogen-bond donors (Lipinski definition) is 1. The van der Waals surface area contributed by atoms with Crippen LogP contribution in [0.3, 0.4) is 0 Å². The van der Waals surface area contributed by atoms with Crippen molar-refractivity contribution in [1.29, 1.82) is 0 Å². The van der Waals surface area contributed by atoms with Gasteiger partial charge in [0, 0.05) is 11.8 Å². The highest BCUT2D eigenvalue weighted by atomic mass is 16.5. The zero-order valence-corrected chi connectivity index (χ0v) is 16.1. The third-order valence-corrected chi connectivity index (χ3v) is 5.43.